The largest absolute Gasteiger partial charge is 0.321 e. The lowest BCUT2D eigenvalue weighted by Crippen LogP contribution is -2.13. The van der Waals surface area contributed by atoms with Crippen LogP contribution in [0.4, 0.5) is 5.69 Å². The maximum atomic E-state index is 13.2. The van der Waals surface area contributed by atoms with Crippen molar-refractivity contribution < 1.29 is 4.79 Å². The summed E-state index contributed by atoms with van der Waals surface area (Å²) in [4.78, 5) is 17.6. The average Bonchev–Trinajstić information content (AvgIpc) is 2.79. The van der Waals surface area contributed by atoms with Gasteiger partial charge in [0.2, 0.25) is 0 Å². The zero-order valence-electron chi connectivity index (χ0n) is 16.0. The molecule has 0 fully saturated rings. The van der Waals surface area contributed by atoms with Crippen LogP contribution in [0.5, 0.6) is 0 Å². The number of para-hydroxylation sites is 1. The van der Waals surface area contributed by atoms with Gasteiger partial charge in [-0.2, -0.15) is 0 Å². The quantitative estimate of drug-likeness (QED) is 0.297. The molecular formula is C26H17BrN2O. The predicted molar refractivity (Wildman–Crippen MR) is 127 cm³/mol. The third kappa shape index (κ3) is 3.25. The number of pyridine rings is 1. The molecule has 5 rings (SSSR count). The van der Waals surface area contributed by atoms with Gasteiger partial charge in [0, 0.05) is 22.8 Å². The summed E-state index contributed by atoms with van der Waals surface area (Å²) in [5, 5.41) is 7.19. The lowest BCUT2D eigenvalue weighted by molar-refractivity contribution is 0.102. The normalized spacial score (nSPS) is 11.0. The van der Waals surface area contributed by atoms with Gasteiger partial charge in [-0.05, 0) is 43.7 Å². The number of nitrogens with zero attached hydrogens (tertiary/aromatic N) is 1. The SMILES string of the molecule is O=C(Nc1ccccc1-c1cccc2ccccc12)c1cnc(Br)c2ccccc12. The molecule has 5 aromatic rings. The fourth-order valence-electron chi connectivity index (χ4n) is 3.82. The monoisotopic (exact) mass is 452 g/mol. The number of carbonyl (C=O) groups is 1. The fraction of sp³-hybridized carbons (Fsp3) is 0. The van der Waals surface area contributed by atoms with Crippen molar-refractivity contribution >= 4 is 49.1 Å². The molecule has 0 bridgehead atoms. The third-order valence-electron chi connectivity index (χ3n) is 5.25. The average molecular weight is 453 g/mol. The number of anilines is 1. The molecule has 0 saturated heterocycles. The first-order valence-corrected chi connectivity index (χ1v) is 10.4. The Balaban J connectivity index is 1.59. The summed E-state index contributed by atoms with van der Waals surface area (Å²) in [6.45, 7) is 0. The molecule has 0 aliphatic rings. The van der Waals surface area contributed by atoms with Gasteiger partial charge in [-0.1, -0.05) is 84.9 Å². The summed E-state index contributed by atoms with van der Waals surface area (Å²) >= 11 is 3.47. The summed E-state index contributed by atoms with van der Waals surface area (Å²) in [5.41, 5.74) is 3.38. The Morgan fingerprint density at radius 1 is 0.700 bits per heavy atom. The van der Waals surface area contributed by atoms with E-state index in [1.165, 1.54) is 5.39 Å². The Morgan fingerprint density at radius 2 is 1.33 bits per heavy atom. The van der Waals surface area contributed by atoms with Gasteiger partial charge in [0.1, 0.15) is 4.60 Å². The molecule has 3 nitrogen and oxygen atoms in total. The molecule has 1 amide bonds. The number of benzene rings is 4. The third-order valence-corrected chi connectivity index (χ3v) is 5.88. The van der Waals surface area contributed by atoms with Gasteiger partial charge in [0.15, 0.2) is 0 Å². The number of hydrogen-bond donors (Lipinski definition) is 1. The van der Waals surface area contributed by atoms with E-state index in [0.717, 1.165) is 37.6 Å². The van der Waals surface area contributed by atoms with Crippen LogP contribution in [-0.2, 0) is 0 Å². The van der Waals surface area contributed by atoms with Gasteiger partial charge in [0.25, 0.3) is 5.91 Å². The Morgan fingerprint density at radius 3 is 2.20 bits per heavy atom. The second-order valence-corrected chi connectivity index (χ2v) is 7.79. The Labute approximate surface area is 182 Å². The van der Waals surface area contributed by atoms with Crippen LogP contribution in [0.1, 0.15) is 10.4 Å². The molecule has 0 saturated carbocycles. The van der Waals surface area contributed by atoms with Crippen molar-refractivity contribution in [2.75, 3.05) is 5.32 Å². The second kappa shape index (κ2) is 7.73. The summed E-state index contributed by atoms with van der Waals surface area (Å²) in [6.07, 6.45) is 1.61. The number of fused-ring (bicyclic) bond motifs is 2. The van der Waals surface area contributed by atoms with E-state index >= 15 is 0 Å². The lowest BCUT2D eigenvalue weighted by Gasteiger charge is -2.14. The van der Waals surface area contributed by atoms with Crippen molar-refractivity contribution in [1.82, 2.24) is 4.98 Å². The molecule has 1 N–H and O–H groups in total. The standard InChI is InChI=1S/C26H17BrN2O/c27-25-22-13-4-3-11-20(22)23(16-28-25)26(30)29-24-15-6-5-12-21(24)19-14-7-9-17-8-1-2-10-18(17)19/h1-16H,(H,29,30). The van der Waals surface area contributed by atoms with Crippen LogP contribution in [0.15, 0.2) is 102 Å². The fourth-order valence-corrected chi connectivity index (χ4v) is 4.26. The van der Waals surface area contributed by atoms with Crippen LogP contribution in [0.3, 0.4) is 0 Å². The second-order valence-electron chi connectivity index (χ2n) is 7.03. The van der Waals surface area contributed by atoms with Crippen molar-refractivity contribution in [2.24, 2.45) is 0 Å². The number of amides is 1. The number of hydrogen-bond acceptors (Lipinski definition) is 2. The van der Waals surface area contributed by atoms with Gasteiger partial charge in [0.05, 0.1) is 5.56 Å². The van der Waals surface area contributed by atoms with E-state index in [1.54, 1.807) is 6.20 Å². The van der Waals surface area contributed by atoms with Crippen molar-refractivity contribution in [2.45, 2.75) is 0 Å². The van der Waals surface area contributed by atoms with Gasteiger partial charge in [-0.15, -0.1) is 0 Å². The highest BCUT2D eigenvalue weighted by molar-refractivity contribution is 9.10. The first kappa shape index (κ1) is 18.5. The van der Waals surface area contributed by atoms with E-state index in [9.17, 15) is 4.79 Å². The van der Waals surface area contributed by atoms with E-state index in [1.807, 2.05) is 66.7 Å². The molecule has 0 aliphatic carbocycles. The Bertz CT molecular complexity index is 1410. The highest BCUT2D eigenvalue weighted by atomic mass is 79.9. The number of nitrogens with one attached hydrogen (secondary N) is 1. The number of aromatic nitrogens is 1. The molecule has 0 aliphatic heterocycles. The molecule has 4 heteroatoms. The van der Waals surface area contributed by atoms with E-state index in [-0.39, 0.29) is 5.91 Å². The summed E-state index contributed by atoms with van der Waals surface area (Å²) in [7, 11) is 0. The van der Waals surface area contributed by atoms with Crippen LogP contribution in [0.2, 0.25) is 0 Å². The Hall–Kier alpha value is -3.50. The lowest BCUT2D eigenvalue weighted by atomic mass is 9.97. The number of rotatable bonds is 3. The van der Waals surface area contributed by atoms with Crippen molar-refractivity contribution in [1.29, 1.82) is 0 Å². The van der Waals surface area contributed by atoms with Crippen molar-refractivity contribution in [3.05, 3.63) is 107 Å². The minimum Gasteiger partial charge on any atom is -0.321 e. The maximum Gasteiger partial charge on any atom is 0.257 e. The molecule has 0 unspecified atom stereocenters. The molecule has 0 atom stereocenters. The van der Waals surface area contributed by atoms with Crippen LogP contribution in [0.25, 0.3) is 32.7 Å². The highest BCUT2D eigenvalue weighted by Gasteiger charge is 2.15. The van der Waals surface area contributed by atoms with Gasteiger partial charge in [-0.3, -0.25) is 4.79 Å². The minimum atomic E-state index is -0.182. The van der Waals surface area contributed by atoms with E-state index in [2.05, 4.69) is 50.5 Å². The smallest absolute Gasteiger partial charge is 0.257 e. The molecule has 0 spiro atoms. The van der Waals surface area contributed by atoms with Gasteiger partial charge < -0.3 is 5.32 Å². The van der Waals surface area contributed by atoms with E-state index in [4.69, 9.17) is 0 Å². The van der Waals surface area contributed by atoms with Crippen LogP contribution in [-0.4, -0.2) is 10.9 Å². The molecular weight excluding hydrogens is 436 g/mol. The molecule has 144 valence electrons. The molecule has 0 radical (unpaired) electrons. The predicted octanol–water partition coefficient (Wildman–Crippen LogP) is 7.07. The summed E-state index contributed by atoms with van der Waals surface area (Å²) < 4.78 is 0.728. The zero-order valence-corrected chi connectivity index (χ0v) is 17.6. The first-order chi connectivity index (χ1) is 14.7. The van der Waals surface area contributed by atoms with Crippen LogP contribution in [0, 0.1) is 0 Å². The highest BCUT2D eigenvalue weighted by Crippen LogP contribution is 2.34. The number of carbonyl (C=O) groups excluding carboxylic acids is 1. The van der Waals surface area contributed by atoms with Gasteiger partial charge >= 0.3 is 0 Å². The van der Waals surface area contributed by atoms with Crippen LogP contribution < -0.4 is 5.32 Å². The molecule has 4 aromatic carbocycles. The zero-order chi connectivity index (χ0) is 20.5. The Kier molecular flexibility index (Phi) is 4.77. The molecule has 1 aromatic heterocycles. The molecule has 30 heavy (non-hydrogen) atoms. The summed E-state index contributed by atoms with van der Waals surface area (Å²) in [5.74, 6) is -0.182. The minimum absolute atomic E-state index is 0.182. The maximum absolute atomic E-state index is 13.2. The van der Waals surface area contributed by atoms with Crippen LogP contribution >= 0.6 is 15.9 Å². The summed E-state index contributed by atoms with van der Waals surface area (Å²) in [6, 6.07) is 30.1. The van der Waals surface area contributed by atoms with Gasteiger partial charge in [-0.25, -0.2) is 4.98 Å². The first-order valence-electron chi connectivity index (χ1n) is 9.64. The van der Waals surface area contributed by atoms with E-state index < -0.39 is 0 Å². The van der Waals surface area contributed by atoms with Crippen molar-refractivity contribution in [3.8, 4) is 11.1 Å². The number of halogens is 1. The van der Waals surface area contributed by atoms with Crippen molar-refractivity contribution in [3.63, 3.8) is 0 Å². The molecule has 1 heterocycles. The topological polar surface area (TPSA) is 42.0 Å². The van der Waals surface area contributed by atoms with E-state index in [0.29, 0.717) is 5.56 Å².